The minimum atomic E-state index is -0.694. The minimum Gasteiger partial charge on any atom is -0.393 e. The maximum atomic E-state index is 12.0. The summed E-state index contributed by atoms with van der Waals surface area (Å²) in [6.07, 6.45) is 2.22. The summed E-state index contributed by atoms with van der Waals surface area (Å²) in [5, 5.41) is 14.9. The Hall–Kier alpha value is -2.66. The third-order valence-electron chi connectivity index (χ3n) is 4.60. The molecule has 1 fully saturated rings. The quantitative estimate of drug-likeness (QED) is 0.750. The molecule has 1 saturated carbocycles. The first-order valence-corrected chi connectivity index (χ1v) is 8.56. The number of rotatable bonds is 4. The molecule has 1 aliphatic carbocycles. The van der Waals surface area contributed by atoms with Crippen molar-refractivity contribution in [2.45, 2.75) is 25.4 Å². The van der Waals surface area contributed by atoms with Gasteiger partial charge in [-0.2, -0.15) is 0 Å². The highest BCUT2D eigenvalue weighted by Gasteiger charge is 2.26. The Labute approximate surface area is 147 Å². The summed E-state index contributed by atoms with van der Waals surface area (Å²) in [5.74, 6) is -1.33. The molecule has 5 nitrogen and oxygen atoms in total. The number of nitrogens with one attached hydrogen (secondary N) is 2. The van der Waals surface area contributed by atoms with Gasteiger partial charge in [0.05, 0.1) is 6.10 Å². The van der Waals surface area contributed by atoms with E-state index in [-0.39, 0.29) is 12.0 Å². The first kappa shape index (κ1) is 17.2. The molecule has 0 bridgehead atoms. The zero-order valence-corrected chi connectivity index (χ0v) is 13.9. The second kappa shape index (κ2) is 7.94. The fourth-order valence-electron chi connectivity index (χ4n) is 3.12. The Morgan fingerprint density at radius 1 is 0.920 bits per heavy atom. The molecule has 2 unspecified atom stereocenters. The molecule has 0 spiro atoms. The van der Waals surface area contributed by atoms with Crippen molar-refractivity contribution in [1.29, 1.82) is 0 Å². The molecular formula is C20H22N2O3. The number of hydrogen-bond donors (Lipinski definition) is 3. The van der Waals surface area contributed by atoms with Gasteiger partial charge in [0.2, 0.25) is 0 Å². The van der Waals surface area contributed by atoms with Crippen molar-refractivity contribution in [2.24, 2.45) is 5.92 Å². The molecule has 2 aromatic carbocycles. The van der Waals surface area contributed by atoms with Crippen LogP contribution in [0.15, 0.2) is 54.6 Å². The van der Waals surface area contributed by atoms with Gasteiger partial charge < -0.3 is 15.7 Å². The lowest BCUT2D eigenvalue weighted by atomic mass is 10.1. The summed E-state index contributed by atoms with van der Waals surface area (Å²) in [4.78, 5) is 23.9. The van der Waals surface area contributed by atoms with E-state index in [0.29, 0.717) is 12.2 Å². The monoisotopic (exact) mass is 338 g/mol. The number of aliphatic hydroxyl groups excluding tert-OH is 1. The standard InChI is InChI=1S/C20H22N2O3/c23-18-8-4-7-16(18)13-21-19(24)20(25)22-17-11-9-15(10-12-17)14-5-2-1-3-6-14/h1-3,5-6,9-12,16,18,23H,4,7-8,13H2,(H,21,24)(H,22,25). The molecule has 3 N–H and O–H groups in total. The predicted molar refractivity (Wildman–Crippen MR) is 96.9 cm³/mol. The molecule has 5 heteroatoms. The van der Waals surface area contributed by atoms with Crippen LogP contribution in [0.3, 0.4) is 0 Å². The fourth-order valence-corrected chi connectivity index (χ4v) is 3.12. The van der Waals surface area contributed by atoms with Gasteiger partial charge in [-0.05, 0) is 36.1 Å². The molecule has 2 atom stereocenters. The third kappa shape index (κ3) is 4.45. The average Bonchev–Trinajstić information content (AvgIpc) is 3.06. The Bertz CT molecular complexity index is 728. The van der Waals surface area contributed by atoms with Crippen LogP contribution in [0.25, 0.3) is 11.1 Å². The van der Waals surface area contributed by atoms with Gasteiger partial charge in [-0.3, -0.25) is 9.59 Å². The first-order chi connectivity index (χ1) is 12.1. The van der Waals surface area contributed by atoms with Crippen LogP contribution in [0, 0.1) is 5.92 Å². The van der Waals surface area contributed by atoms with Gasteiger partial charge in [-0.25, -0.2) is 0 Å². The van der Waals surface area contributed by atoms with Gasteiger partial charge in [-0.1, -0.05) is 48.9 Å². The van der Waals surface area contributed by atoms with Crippen LogP contribution in [0.1, 0.15) is 19.3 Å². The summed E-state index contributed by atoms with van der Waals surface area (Å²) >= 11 is 0. The molecule has 130 valence electrons. The zero-order chi connectivity index (χ0) is 17.6. The maximum absolute atomic E-state index is 12.0. The number of benzene rings is 2. The summed E-state index contributed by atoms with van der Waals surface area (Å²) < 4.78 is 0. The van der Waals surface area contributed by atoms with Crippen LogP contribution < -0.4 is 10.6 Å². The van der Waals surface area contributed by atoms with Gasteiger partial charge in [0.25, 0.3) is 0 Å². The molecule has 0 heterocycles. The maximum Gasteiger partial charge on any atom is 0.313 e. The highest BCUT2D eigenvalue weighted by Crippen LogP contribution is 2.24. The molecule has 0 aromatic heterocycles. The topological polar surface area (TPSA) is 78.4 Å². The van der Waals surface area contributed by atoms with Gasteiger partial charge in [-0.15, -0.1) is 0 Å². The van der Waals surface area contributed by atoms with Crippen LogP contribution in [-0.4, -0.2) is 29.6 Å². The summed E-state index contributed by atoms with van der Waals surface area (Å²) in [6, 6.07) is 17.3. The molecular weight excluding hydrogens is 316 g/mol. The molecule has 0 saturated heterocycles. The van der Waals surface area contributed by atoms with E-state index in [0.717, 1.165) is 30.4 Å². The zero-order valence-electron chi connectivity index (χ0n) is 13.9. The fraction of sp³-hybridized carbons (Fsp3) is 0.300. The number of carbonyl (C=O) groups is 2. The van der Waals surface area contributed by atoms with Crippen LogP contribution in [0.5, 0.6) is 0 Å². The predicted octanol–water partition coefficient (Wildman–Crippen LogP) is 2.57. The highest BCUT2D eigenvalue weighted by atomic mass is 16.3. The SMILES string of the molecule is O=C(NCC1CCCC1O)C(=O)Nc1ccc(-c2ccccc2)cc1. The lowest BCUT2D eigenvalue weighted by Gasteiger charge is -2.14. The van der Waals surface area contributed by atoms with Crippen LogP contribution in [0.2, 0.25) is 0 Å². The van der Waals surface area contributed by atoms with Crippen molar-refractivity contribution in [2.75, 3.05) is 11.9 Å². The van der Waals surface area contributed by atoms with Gasteiger partial charge >= 0.3 is 11.8 Å². The van der Waals surface area contributed by atoms with Gasteiger partial charge in [0.1, 0.15) is 0 Å². The average molecular weight is 338 g/mol. The van der Waals surface area contributed by atoms with Crippen molar-refractivity contribution in [3.63, 3.8) is 0 Å². The lowest BCUT2D eigenvalue weighted by molar-refractivity contribution is -0.136. The Morgan fingerprint density at radius 2 is 1.60 bits per heavy atom. The normalized spacial score (nSPS) is 19.4. The van der Waals surface area contributed by atoms with Crippen LogP contribution in [0.4, 0.5) is 5.69 Å². The first-order valence-electron chi connectivity index (χ1n) is 8.56. The smallest absolute Gasteiger partial charge is 0.313 e. The Kier molecular flexibility index (Phi) is 5.46. The van der Waals surface area contributed by atoms with Crippen LogP contribution >= 0.6 is 0 Å². The van der Waals surface area contributed by atoms with E-state index in [2.05, 4.69) is 10.6 Å². The molecule has 3 rings (SSSR count). The highest BCUT2D eigenvalue weighted by molar-refractivity contribution is 6.39. The minimum absolute atomic E-state index is 0.0434. The lowest BCUT2D eigenvalue weighted by Crippen LogP contribution is -2.39. The number of carbonyl (C=O) groups excluding carboxylic acids is 2. The van der Waals surface area contributed by atoms with Crippen LogP contribution in [-0.2, 0) is 9.59 Å². The summed E-state index contributed by atoms with van der Waals surface area (Å²) in [7, 11) is 0. The van der Waals surface area contributed by atoms with Gasteiger partial charge in [0.15, 0.2) is 0 Å². The number of aliphatic hydroxyl groups is 1. The summed E-state index contributed by atoms with van der Waals surface area (Å²) in [5.41, 5.74) is 2.70. The second-order valence-corrected chi connectivity index (χ2v) is 6.37. The van der Waals surface area contributed by atoms with E-state index >= 15 is 0 Å². The van der Waals surface area contributed by atoms with Crippen molar-refractivity contribution < 1.29 is 14.7 Å². The Morgan fingerprint density at radius 3 is 2.24 bits per heavy atom. The Balaban J connectivity index is 1.53. The van der Waals surface area contributed by atoms with Gasteiger partial charge in [0, 0.05) is 18.2 Å². The molecule has 0 radical (unpaired) electrons. The molecule has 2 amide bonds. The van der Waals surface area contributed by atoms with Crippen molar-refractivity contribution in [3.05, 3.63) is 54.6 Å². The number of hydrogen-bond acceptors (Lipinski definition) is 3. The van der Waals surface area contributed by atoms with E-state index < -0.39 is 11.8 Å². The van der Waals surface area contributed by atoms with Crippen molar-refractivity contribution in [1.82, 2.24) is 5.32 Å². The van der Waals surface area contributed by atoms with Crippen molar-refractivity contribution in [3.8, 4) is 11.1 Å². The molecule has 2 aromatic rings. The third-order valence-corrected chi connectivity index (χ3v) is 4.60. The number of anilines is 1. The van der Waals surface area contributed by atoms with E-state index in [4.69, 9.17) is 0 Å². The van der Waals surface area contributed by atoms with E-state index in [1.165, 1.54) is 0 Å². The van der Waals surface area contributed by atoms with E-state index in [1.54, 1.807) is 12.1 Å². The summed E-state index contributed by atoms with van der Waals surface area (Å²) in [6.45, 7) is 0.334. The van der Waals surface area contributed by atoms with Crippen molar-refractivity contribution >= 4 is 17.5 Å². The largest absolute Gasteiger partial charge is 0.393 e. The number of amides is 2. The molecule has 25 heavy (non-hydrogen) atoms. The molecule has 0 aliphatic heterocycles. The second-order valence-electron chi connectivity index (χ2n) is 6.37. The van der Waals surface area contributed by atoms with E-state index in [1.807, 2.05) is 42.5 Å². The van der Waals surface area contributed by atoms with E-state index in [9.17, 15) is 14.7 Å². The molecule has 1 aliphatic rings.